The van der Waals surface area contributed by atoms with Crippen LogP contribution in [0, 0.1) is 6.92 Å². The number of amides is 1. The molecular formula is C20H23N3O2. The van der Waals surface area contributed by atoms with Gasteiger partial charge in [-0.25, -0.2) is 0 Å². The number of hydrogen-bond donors (Lipinski definition) is 1. The lowest BCUT2D eigenvalue weighted by atomic mass is 9.97. The average Bonchev–Trinajstić information content (AvgIpc) is 2.95. The maximum Gasteiger partial charge on any atom is 0.237 e. The summed E-state index contributed by atoms with van der Waals surface area (Å²) in [7, 11) is 3.73. The van der Waals surface area contributed by atoms with Gasteiger partial charge in [-0.1, -0.05) is 12.1 Å². The third-order valence-electron chi connectivity index (χ3n) is 4.47. The molecule has 1 amide bonds. The molecule has 5 nitrogen and oxygen atoms in total. The monoisotopic (exact) mass is 337 g/mol. The van der Waals surface area contributed by atoms with Gasteiger partial charge < -0.3 is 15.0 Å². The lowest BCUT2D eigenvalue weighted by Gasteiger charge is -2.18. The van der Waals surface area contributed by atoms with Gasteiger partial charge in [-0.2, -0.15) is 0 Å². The Morgan fingerprint density at radius 3 is 2.72 bits per heavy atom. The Morgan fingerprint density at radius 2 is 2.00 bits per heavy atom. The van der Waals surface area contributed by atoms with Crippen molar-refractivity contribution in [2.24, 2.45) is 4.99 Å². The molecule has 5 heteroatoms. The summed E-state index contributed by atoms with van der Waals surface area (Å²) in [5, 5.41) is 2.92. The molecule has 0 aromatic heterocycles. The van der Waals surface area contributed by atoms with E-state index in [9.17, 15) is 4.79 Å². The third-order valence-corrected chi connectivity index (χ3v) is 4.47. The fourth-order valence-electron chi connectivity index (χ4n) is 3.00. The second-order valence-corrected chi connectivity index (χ2v) is 6.21. The zero-order chi connectivity index (χ0) is 17.8. The highest BCUT2D eigenvalue weighted by Gasteiger charge is 2.30. The summed E-state index contributed by atoms with van der Waals surface area (Å²) >= 11 is 0. The summed E-state index contributed by atoms with van der Waals surface area (Å²) < 4.78 is 5.10. The van der Waals surface area contributed by atoms with Crippen molar-refractivity contribution in [3.05, 3.63) is 53.6 Å². The molecule has 1 atom stereocenters. The van der Waals surface area contributed by atoms with Gasteiger partial charge in [0.15, 0.2) is 0 Å². The number of anilines is 2. The van der Waals surface area contributed by atoms with E-state index in [-0.39, 0.29) is 11.8 Å². The van der Waals surface area contributed by atoms with Gasteiger partial charge >= 0.3 is 0 Å². The van der Waals surface area contributed by atoms with E-state index >= 15 is 0 Å². The Hall–Kier alpha value is -2.66. The van der Waals surface area contributed by atoms with Crippen LogP contribution in [-0.4, -0.2) is 39.4 Å². The predicted molar refractivity (Wildman–Crippen MR) is 102 cm³/mol. The normalized spacial score (nSPS) is 16.1. The summed E-state index contributed by atoms with van der Waals surface area (Å²) in [4.78, 5) is 18.9. The van der Waals surface area contributed by atoms with E-state index in [4.69, 9.17) is 4.74 Å². The van der Waals surface area contributed by atoms with Crippen LogP contribution >= 0.6 is 0 Å². The highest BCUT2D eigenvalue weighted by atomic mass is 16.5. The number of nitrogens with one attached hydrogen (secondary N) is 1. The average molecular weight is 337 g/mol. The van der Waals surface area contributed by atoms with Crippen molar-refractivity contribution in [2.45, 2.75) is 12.8 Å². The van der Waals surface area contributed by atoms with Crippen LogP contribution in [0.15, 0.2) is 47.5 Å². The van der Waals surface area contributed by atoms with Crippen LogP contribution in [0.25, 0.3) is 0 Å². The van der Waals surface area contributed by atoms with Crippen LogP contribution in [0.1, 0.15) is 17.0 Å². The Balaban J connectivity index is 1.74. The number of likely N-dealkylation sites (N-methyl/N-ethyl adjacent to an activating group) is 1. The van der Waals surface area contributed by atoms with Crippen molar-refractivity contribution in [3.8, 4) is 0 Å². The van der Waals surface area contributed by atoms with Crippen LogP contribution in [0.3, 0.4) is 0 Å². The minimum atomic E-state index is -0.333. The molecule has 1 unspecified atom stereocenters. The summed E-state index contributed by atoms with van der Waals surface area (Å²) in [5.74, 6) is -0.357. The maximum absolute atomic E-state index is 12.2. The molecule has 1 N–H and O–H groups in total. The van der Waals surface area contributed by atoms with Gasteiger partial charge in [0.2, 0.25) is 5.91 Å². The van der Waals surface area contributed by atoms with E-state index in [2.05, 4.69) is 15.2 Å². The van der Waals surface area contributed by atoms with E-state index in [1.165, 1.54) is 0 Å². The second-order valence-electron chi connectivity index (χ2n) is 6.21. The molecule has 130 valence electrons. The van der Waals surface area contributed by atoms with E-state index in [0.29, 0.717) is 6.61 Å². The lowest BCUT2D eigenvalue weighted by molar-refractivity contribution is -0.115. The van der Waals surface area contributed by atoms with Crippen LogP contribution in [0.2, 0.25) is 0 Å². The van der Waals surface area contributed by atoms with E-state index in [0.717, 1.165) is 34.7 Å². The SMILES string of the molecule is COCCN(C)c1ccc(N=CC2C(=O)Nc3cccc(C)c32)cc1. The standard InChI is InChI=1S/C20H23N3O2/c1-14-5-4-6-18-19(14)17(20(24)22-18)13-21-15-7-9-16(10-8-15)23(2)11-12-25-3/h4-10,13,17H,11-12H2,1-3H3,(H,22,24). The number of aryl methyl sites for hydroxylation is 1. The first-order valence-corrected chi connectivity index (χ1v) is 8.35. The molecule has 0 saturated heterocycles. The highest BCUT2D eigenvalue weighted by molar-refractivity contribution is 6.13. The van der Waals surface area contributed by atoms with Gasteiger partial charge in [0.25, 0.3) is 0 Å². The van der Waals surface area contributed by atoms with Crippen LogP contribution in [-0.2, 0) is 9.53 Å². The number of ether oxygens (including phenoxy) is 1. The lowest BCUT2D eigenvalue weighted by Crippen LogP contribution is -2.21. The molecule has 0 bridgehead atoms. The first-order valence-electron chi connectivity index (χ1n) is 8.35. The number of carbonyl (C=O) groups is 1. The number of aliphatic imine (C=N–C) groups is 1. The molecule has 2 aromatic carbocycles. The van der Waals surface area contributed by atoms with Crippen molar-refractivity contribution >= 4 is 29.2 Å². The highest BCUT2D eigenvalue weighted by Crippen LogP contribution is 2.34. The molecule has 1 aliphatic heterocycles. The molecule has 0 spiro atoms. The first kappa shape index (κ1) is 17.2. The Labute approximate surface area is 148 Å². The number of benzene rings is 2. The molecule has 0 aliphatic carbocycles. The topological polar surface area (TPSA) is 53.9 Å². The van der Waals surface area contributed by atoms with Gasteiger partial charge in [0.05, 0.1) is 12.3 Å². The molecule has 3 rings (SSSR count). The van der Waals surface area contributed by atoms with Crippen LogP contribution in [0.4, 0.5) is 17.1 Å². The van der Waals surface area contributed by atoms with Crippen molar-refractivity contribution in [1.29, 1.82) is 0 Å². The largest absolute Gasteiger partial charge is 0.383 e. The zero-order valence-corrected chi connectivity index (χ0v) is 14.8. The summed E-state index contributed by atoms with van der Waals surface area (Å²) in [6, 6.07) is 13.9. The number of fused-ring (bicyclic) bond motifs is 1. The molecule has 25 heavy (non-hydrogen) atoms. The summed E-state index contributed by atoms with van der Waals surface area (Å²) in [6.07, 6.45) is 1.73. The molecule has 0 saturated carbocycles. The third kappa shape index (κ3) is 3.72. The summed E-state index contributed by atoms with van der Waals surface area (Å²) in [6.45, 7) is 3.54. The van der Waals surface area contributed by atoms with Gasteiger partial charge in [0, 0.05) is 38.3 Å². The van der Waals surface area contributed by atoms with Gasteiger partial charge in [-0.3, -0.25) is 9.79 Å². The van der Waals surface area contributed by atoms with Gasteiger partial charge in [0.1, 0.15) is 5.92 Å². The fraction of sp³-hybridized carbons (Fsp3) is 0.300. The van der Waals surface area contributed by atoms with E-state index < -0.39 is 0 Å². The smallest absolute Gasteiger partial charge is 0.237 e. The number of nitrogens with zero attached hydrogens (tertiary/aromatic N) is 2. The number of methoxy groups -OCH3 is 1. The first-order chi connectivity index (χ1) is 12.1. The van der Waals surface area contributed by atoms with Crippen LogP contribution in [0.5, 0.6) is 0 Å². The van der Waals surface area contributed by atoms with Gasteiger partial charge in [-0.15, -0.1) is 0 Å². The fourth-order valence-corrected chi connectivity index (χ4v) is 3.00. The number of hydrogen-bond acceptors (Lipinski definition) is 4. The second kappa shape index (κ2) is 7.49. The quantitative estimate of drug-likeness (QED) is 0.821. The number of carbonyl (C=O) groups excluding carboxylic acids is 1. The molecular weight excluding hydrogens is 314 g/mol. The van der Waals surface area contributed by atoms with Crippen LogP contribution < -0.4 is 10.2 Å². The molecule has 2 aromatic rings. The van der Waals surface area contributed by atoms with Gasteiger partial charge in [-0.05, 0) is 48.4 Å². The Morgan fingerprint density at radius 1 is 1.24 bits per heavy atom. The number of rotatable bonds is 6. The van der Waals surface area contributed by atoms with Crippen molar-refractivity contribution < 1.29 is 9.53 Å². The predicted octanol–water partition coefficient (Wildman–Crippen LogP) is 3.52. The minimum Gasteiger partial charge on any atom is -0.383 e. The zero-order valence-electron chi connectivity index (χ0n) is 14.8. The minimum absolute atomic E-state index is 0.0241. The maximum atomic E-state index is 12.2. The van der Waals surface area contributed by atoms with Crippen molar-refractivity contribution in [2.75, 3.05) is 37.5 Å². The van der Waals surface area contributed by atoms with Crippen molar-refractivity contribution in [1.82, 2.24) is 0 Å². The Kier molecular flexibility index (Phi) is 5.14. The van der Waals surface area contributed by atoms with E-state index in [1.54, 1.807) is 13.3 Å². The molecule has 1 aliphatic rings. The Bertz CT molecular complexity index is 784. The van der Waals surface area contributed by atoms with Crippen molar-refractivity contribution in [3.63, 3.8) is 0 Å². The molecule has 0 radical (unpaired) electrons. The van der Waals surface area contributed by atoms with E-state index in [1.807, 2.05) is 56.4 Å². The molecule has 1 heterocycles. The summed E-state index contributed by atoms with van der Waals surface area (Å²) in [5.41, 5.74) is 4.95. The molecule has 0 fully saturated rings.